The fraction of sp³-hybridized carbons (Fsp3) is 0.571. The number of carbonyl (C=O) groups excluding carboxylic acids is 2. The van der Waals surface area contributed by atoms with E-state index in [1.807, 2.05) is 0 Å². The lowest BCUT2D eigenvalue weighted by Crippen LogP contribution is -2.50. The Bertz CT molecular complexity index is 344. The van der Waals surface area contributed by atoms with Crippen LogP contribution in [-0.2, 0) is 4.79 Å². The first kappa shape index (κ1) is 9.56. The highest BCUT2D eigenvalue weighted by Gasteiger charge is 2.48. The number of fused-ring (bicyclic) bond motifs is 1. The Balaban J connectivity index is 2.20. The van der Waals surface area contributed by atoms with Gasteiger partial charge < -0.3 is 21.1 Å². The quantitative estimate of drug-likeness (QED) is 0.446. The summed E-state index contributed by atoms with van der Waals surface area (Å²) in [5.41, 5.74) is 0. The van der Waals surface area contributed by atoms with Gasteiger partial charge in [0.05, 0.1) is 0 Å². The third-order valence-electron chi connectivity index (χ3n) is 2.47. The molecule has 4 N–H and O–H groups in total. The standard InChI is InChI=1S/C7H10N4O4/c1-2(5(12)13)11-4-3(9-7(11)15)8-6(14)10-4/h2-4H,1H3,(H,9,15)(H,12,13)(H2,8,10,14)/t2-,3-,4-/m0/s1. The number of urea groups is 2. The van der Waals surface area contributed by atoms with Gasteiger partial charge in [-0.15, -0.1) is 0 Å². The van der Waals surface area contributed by atoms with Crippen LogP contribution in [0.4, 0.5) is 9.59 Å². The van der Waals surface area contributed by atoms with E-state index in [9.17, 15) is 14.4 Å². The molecule has 2 saturated heterocycles. The maximum absolute atomic E-state index is 11.4. The fourth-order valence-electron chi connectivity index (χ4n) is 1.69. The van der Waals surface area contributed by atoms with E-state index in [4.69, 9.17) is 5.11 Å². The molecule has 0 aliphatic carbocycles. The monoisotopic (exact) mass is 214 g/mol. The van der Waals surface area contributed by atoms with Gasteiger partial charge in [-0.2, -0.15) is 0 Å². The SMILES string of the molecule is C[C@@H](C(=O)O)N1C(=O)N[C@@H]2NC(=O)N[C@H]21. The van der Waals surface area contributed by atoms with E-state index in [1.165, 1.54) is 6.92 Å². The molecule has 2 fully saturated rings. The molecule has 3 atom stereocenters. The fourth-order valence-corrected chi connectivity index (χ4v) is 1.69. The van der Waals surface area contributed by atoms with E-state index in [2.05, 4.69) is 16.0 Å². The van der Waals surface area contributed by atoms with Gasteiger partial charge in [0.2, 0.25) is 0 Å². The Morgan fingerprint density at radius 2 is 2.07 bits per heavy atom. The van der Waals surface area contributed by atoms with Crippen LogP contribution in [0.5, 0.6) is 0 Å². The Morgan fingerprint density at radius 3 is 2.67 bits per heavy atom. The van der Waals surface area contributed by atoms with Crippen LogP contribution >= 0.6 is 0 Å². The number of amides is 4. The smallest absolute Gasteiger partial charge is 0.326 e. The van der Waals surface area contributed by atoms with Gasteiger partial charge >= 0.3 is 18.0 Å². The summed E-state index contributed by atoms with van der Waals surface area (Å²) in [6.45, 7) is 1.38. The second kappa shape index (κ2) is 3.01. The van der Waals surface area contributed by atoms with Crippen LogP contribution in [0.3, 0.4) is 0 Å². The molecule has 0 aromatic rings. The summed E-state index contributed by atoms with van der Waals surface area (Å²) >= 11 is 0. The predicted octanol–water partition coefficient (Wildman–Crippen LogP) is -1.55. The zero-order chi connectivity index (χ0) is 11.2. The van der Waals surface area contributed by atoms with Crippen molar-refractivity contribution in [2.45, 2.75) is 25.3 Å². The van der Waals surface area contributed by atoms with Gasteiger partial charge in [-0.1, -0.05) is 0 Å². The molecule has 0 unspecified atom stereocenters. The molecule has 2 aliphatic rings. The molecule has 82 valence electrons. The van der Waals surface area contributed by atoms with Crippen molar-refractivity contribution in [1.29, 1.82) is 0 Å². The lowest BCUT2D eigenvalue weighted by molar-refractivity contribution is -0.142. The lowest BCUT2D eigenvalue weighted by Gasteiger charge is -2.24. The van der Waals surface area contributed by atoms with Crippen molar-refractivity contribution in [3.05, 3.63) is 0 Å². The van der Waals surface area contributed by atoms with Crippen molar-refractivity contribution in [3.63, 3.8) is 0 Å². The number of hydrogen-bond acceptors (Lipinski definition) is 3. The molecular weight excluding hydrogens is 204 g/mol. The molecule has 0 spiro atoms. The van der Waals surface area contributed by atoms with Crippen LogP contribution < -0.4 is 16.0 Å². The van der Waals surface area contributed by atoms with Crippen LogP contribution in [0.2, 0.25) is 0 Å². The summed E-state index contributed by atoms with van der Waals surface area (Å²) in [5.74, 6) is -1.12. The van der Waals surface area contributed by atoms with Crippen molar-refractivity contribution < 1.29 is 19.5 Å². The molecule has 8 heteroatoms. The summed E-state index contributed by atoms with van der Waals surface area (Å²) in [6.07, 6.45) is -1.21. The van der Waals surface area contributed by atoms with Crippen molar-refractivity contribution in [1.82, 2.24) is 20.9 Å². The third-order valence-corrected chi connectivity index (χ3v) is 2.47. The molecule has 4 amide bonds. The van der Waals surface area contributed by atoms with Crippen LogP contribution in [-0.4, -0.2) is 46.4 Å². The molecular formula is C7H10N4O4. The maximum atomic E-state index is 11.4. The molecule has 0 bridgehead atoms. The maximum Gasteiger partial charge on any atom is 0.326 e. The Hall–Kier alpha value is -1.99. The van der Waals surface area contributed by atoms with E-state index in [1.54, 1.807) is 0 Å². The van der Waals surface area contributed by atoms with Gasteiger partial charge in [0.15, 0.2) is 0 Å². The predicted molar refractivity (Wildman–Crippen MR) is 46.7 cm³/mol. The number of carbonyl (C=O) groups is 3. The zero-order valence-corrected chi connectivity index (χ0v) is 7.85. The molecule has 0 aromatic heterocycles. The third kappa shape index (κ3) is 1.34. The van der Waals surface area contributed by atoms with E-state index >= 15 is 0 Å². The Labute approximate surface area is 84.6 Å². The van der Waals surface area contributed by atoms with Crippen molar-refractivity contribution >= 4 is 18.0 Å². The number of carboxylic acid groups (broad SMARTS) is 1. The topological polar surface area (TPSA) is 111 Å². The summed E-state index contributed by atoms with van der Waals surface area (Å²) < 4.78 is 0. The van der Waals surface area contributed by atoms with Gasteiger partial charge in [0, 0.05) is 0 Å². The van der Waals surface area contributed by atoms with Gasteiger partial charge in [-0.05, 0) is 6.92 Å². The average Bonchev–Trinajstić information content (AvgIpc) is 2.58. The van der Waals surface area contributed by atoms with E-state index in [0.717, 1.165) is 4.90 Å². The number of nitrogens with zero attached hydrogens (tertiary/aromatic N) is 1. The summed E-state index contributed by atoms with van der Waals surface area (Å²) in [7, 11) is 0. The van der Waals surface area contributed by atoms with E-state index in [-0.39, 0.29) is 0 Å². The largest absolute Gasteiger partial charge is 0.480 e. The molecule has 2 heterocycles. The van der Waals surface area contributed by atoms with Crippen LogP contribution in [0, 0.1) is 0 Å². The highest BCUT2D eigenvalue weighted by molar-refractivity contribution is 5.88. The normalized spacial score (nSPS) is 30.3. The minimum absolute atomic E-state index is 0.424. The zero-order valence-electron chi connectivity index (χ0n) is 7.85. The highest BCUT2D eigenvalue weighted by atomic mass is 16.4. The van der Waals surface area contributed by atoms with Gasteiger partial charge in [-0.25, -0.2) is 14.4 Å². The number of hydrogen-bond donors (Lipinski definition) is 4. The number of nitrogens with one attached hydrogen (secondary N) is 3. The van der Waals surface area contributed by atoms with Crippen LogP contribution in [0.15, 0.2) is 0 Å². The van der Waals surface area contributed by atoms with Crippen molar-refractivity contribution in [3.8, 4) is 0 Å². The summed E-state index contributed by atoms with van der Waals surface area (Å²) in [5, 5.41) is 16.2. The molecule has 0 aromatic carbocycles. The molecule has 2 rings (SSSR count). The first-order chi connectivity index (χ1) is 7.00. The second-order valence-corrected chi connectivity index (χ2v) is 3.41. The van der Waals surface area contributed by atoms with Gasteiger partial charge in [0.1, 0.15) is 18.4 Å². The molecule has 0 radical (unpaired) electrons. The molecule has 0 saturated carbocycles. The van der Waals surface area contributed by atoms with Crippen LogP contribution in [0.1, 0.15) is 6.92 Å². The number of rotatable bonds is 2. The van der Waals surface area contributed by atoms with E-state index < -0.39 is 36.4 Å². The average molecular weight is 214 g/mol. The summed E-state index contributed by atoms with van der Waals surface area (Å²) in [6, 6.07) is -1.92. The van der Waals surface area contributed by atoms with Crippen molar-refractivity contribution in [2.75, 3.05) is 0 Å². The Kier molecular flexibility index (Phi) is 1.92. The first-order valence-electron chi connectivity index (χ1n) is 4.39. The molecule has 15 heavy (non-hydrogen) atoms. The summed E-state index contributed by atoms with van der Waals surface area (Å²) in [4.78, 5) is 34.2. The molecule has 2 aliphatic heterocycles. The van der Waals surface area contributed by atoms with Gasteiger partial charge in [-0.3, -0.25) is 4.90 Å². The molecule has 8 nitrogen and oxygen atoms in total. The van der Waals surface area contributed by atoms with Gasteiger partial charge in [0.25, 0.3) is 0 Å². The minimum Gasteiger partial charge on any atom is -0.480 e. The highest BCUT2D eigenvalue weighted by Crippen LogP contribution is 2.17. The van der Waals surface area contributed by atoms with E-state index in [0.29, 0.717) is 0 Å². The van der Waals surface area contributed by atoms with Crippen LogP contribution in [0.25, 0.3) is 0 Å². The Morgan fingerprint density at radius 1 is 1.40 bits per heavy atom. The lowest BCUT2D eigenvalue weighted by atomic mass is 10.3. The first-order valence-corrected chi connectivity index (χ1v) is 4.39. The van der Waals surface area contributed by atoms with Crippen molar-refractivity contribution in [2.24, 2.45) is 0 Å². The second-order valence-electron chi connectivity index (χ2n) is 3.41. The number of carboxylic acids is 1. The number of aliphatic carboxylic acids is 1. The minimum atomic E-state index is -1.12.